The van der Waals surface area contributed by atoms with Crippen molar-refractivity contribution in [1.82, 2.24) is 15.2 Å². The van der Waals surface area contributed by atoms with Gasteiger partial charge in [0.15, 0.2) is 0 Å². The van der Waals surface area contributed by atoms with Crippen molar-refractivity contribution in [2.24, 2.45) is 0 Å². The first kappa shape index (κ1) is 16.8. The largest absolute Gasteiger partial charge is 0.340 e. The molecule has 1 aromatic carbocycles. The number of aromatic nitrogens is 3. The van der Waals surface area contributed by atoms with Gasteiger partial charge in [-0.05, 0) is 37.5 Å². The topological polar surface area (TPSA) is 73.9 Å². The van der Waals surface area contributed by atoms with Crippen molar-refractivity contribution in [2.45, 2.75) is 19.3 Å². The fourth-order valence-electron chi connectivity index (χ4n) is 2.53. The molecule has 6 nitrogen and oxygen atoms in total. The van der Waals surface area contributed by atoms with Gasteiger partial charge in [0, 0.05) is 34.8 Å². The molecule has 24 heavy (non-hydrogen) atoms. The number of carbonyl (C=O) groups excluding carboxylic acids is 1. The van der Waals surface area contributed by atoms with Crippen molar-refractivity contribution in [1.29, 1.82) is 0 Å². The number of rotatable bonds is 4. The van der Waals surface area contributed by atoms with Gasteiger partial charge in [-0.25, -0.2) is 5.10 Å². The quantitative estimate of drug-likeness (QED) is 0.809. The number of amides is 1. The number of nitrogens with zero attached hydrogens (tertiary/aromatic N) is 3. The van der Waals surface area contributed by atoms with E-state index in [4.69, 9.17) is 23.2 Å². The first-order valence-corrected chi connectivity index (χ1v) is 8.49. The first-order valence-electron chi connectivity index (χ1n) is 7.74. The SMILES string of the molecule is O=C(/C=C/c1c(Cl)cccc1Cl)Nc1nc(N2CCCCC2)n[nH]1. The van der Waals surface area contributed by atoms with Crippen LogP contribution in [0.3, 0.4) is 0 Å². The summed E-state index contributed by atoms with van der Waals surface area (Å²) in [6, 6.07) is 5.18. The Labute approximate surface area is 149 Å². The van der Waals surface area contributed by atoms with Crippen molar-refractivity contribution in [3.63, 3.8) is 0 Å². The molecule has 2 heterocycles. The van der Waals surface area contributed by atoms with E-state index >= 15 is 0 Å². The zero-order valence-corrected chi connectivity index (χ0v) is 14.4. The van der Waals surface area contributed by atoms with E-state index in [9.17, 15) is 4.79 Å². The fraction of sp³-hybridized carbons (Fsp3) is 0.312. The molecule has 8 heteroatoms. The number of carbonyl (C=O) groups is 1. The maximum atomic E-state index is 12.0. The molecule has 1 fully saturated rings. The van der Waals surface area contributed by atoms with Gasteiger partial charge in [0.05, 0.1) is 0 Å². The Morgan fingerprint density at radius 3 is 2.62 bits per heavy atom. The molecule has 1 amide bonds. The predicted molar refractivity (Wildman–Crippen MR) is 96.6 cm³/mol. The molecule has 126 valence electrons. The minimum Gasteiger partial charge on any atom is -0.340 e. The molecule has 1 saturated heterocycles. The summed E-state index contributed by atoms with van der Waals surface area (Å²) in [6.45, 7) is 1.88. The highest BCUT2D eigenvalue weighted by molar-refractivity contribution is 6.37. The van der Waals surface area contributed by atoms with Crippen molar-refractivity contribution >= 4 is 47.1 Å². The zero-order valence-electron chi connectivity index (χ0n) is 12.9. The van der Waals surface area contributed by atoms with Gasteiger partial charge in [0.25, 0.3) is 5.91 Å². The van der Waals surface area contributed by atoms with Gasteiger partial charge < -0.3 is 4.90 Å². The van der Waals surface area contributed by atoms with E-state index < -0.39 is 0 Å². The van der Waals surface area contributed by atoms with E-state index in [1.165, 1.54) is 12.5 Å². The Hall–Kier alpha value is -2.05. The number of nitrogens with one attached hydrogen (secondary N) is 2. The molecule has 0 bridgehead atoms. The van der Waals surface area contributed by atoms with E-state index in [1.54, 1.807) is 24.3 Å². The van der Waals surface area contributed by atoms with Gasteiger partial charge in [-0.1, -0.05) is 29.3 Å². The molecule has 0 atom stereocenters. The van der Waals surface area contributed by atoms with Crippen molar-refractivity contribution < 1.29 is 4.79 Å². The summed E-state index contributed by atoms with van der Waals surface area (Å²) >= 11 is 12.1. The molecular weight excluding hydrogens is 349 g/mol. The number of piperidine rings is 1. The highest BCUT2D eigenvalue weighted by Gasteiger charge is 2.15. The summed E-state index contributed by atoms with van der Waals surface area (Å²) in [5.74, 6) is 0.589. The van der Waals surface area contributed by atoms with Crippen LogP contribution >= 0.6 is 23.2 Å². The average molecular weight is 366 g/mol. The molecule has 1 aromatic heterocycles. The molecule has 3 rings (SSSR count). The molecule has 0 saturated carbocycles. The molecular formula is C16H17Cl2N5O. The minimum atomic E-state index is -0.340. The molecule has 0 unspecified atom stereocenters. The van der Waals surface area contributed by atoms with Crippen LogP contribution in [-0.2, 0) is 4.79 Å². The van der Waals surface area contributed by atoms with Gasteiger partial charge in [0.2, 0.25) is 11.9 Å². The number of H-pyrrole nitrogens is 1. The maximum Gasteiger partial charge on any atom is 0.250 e. The normalized spacial score (nSPS) is 15.0. The highest BCUT2D eigenvalue weighted by Crippen LogP contribution is 2.25. The Kier molecular flexibility index (Phi) is 5.37. The van der Waals surface area contributed by atoms with Crippen LogP contribution in [0.2, 0.25) is 10.0 Å². The molecule has 2 N–H and O–H groups in total. The third kappa shape index (κ3) is 4.07. The molecule has 0 aliphatic carbocycles. The van der Waals surface area contributed by atoms with Crippen LogP contribution in [0.5, 0.6) is 0 Å². The standard InChI is InChI=1S/C16H17Cl2N5O/c17-12-5-4-6-13(18)11(12)7-8-14(24)19-15-20-16(22-21-15)23-9-2-1-3-10-23/h4-8H,1-3,9-10H2,(H2,19,20,21,22,24)/b8-7+. The zero-order chi connectivity index (χ0) is 16.9. The Morgan fingerprint density at radius 1 is 1.21 bits per heavy atom. The summed E-state index contributed by atoms with van der Waals surface area (Å²) < 4.78 is 0. The third-order valence-electron chi connectivity index (χ3n) is 3.76. The van der Waals surface area contributed by atoms with Crippen LogP contribution in [-0.4, -0.2) is 34.2 Å². The van der Waals surface area contributed by atoms with Crippen molar-refractivity contribution in [3.05, 3.63) is 39.9 Å². The smallest absolute Gasteiger partial charge is 0.250 e. The van der Waals surface area contributed by atoms with Gasteiger partial charge in [-0.3, -0.25) is 10.1 Å². The predicted octanol–water partition coefficient (Wildman–Crippen LogP) is 3.75. The maximum absolute atomic E-state index is 12.0. The second-order valence-corrected chi connectivity index (χ2v) is 6.30. The minimum absolute atomic E-state index is 0.315. The Morgan fingerprint density at radius 2 is 1.92 bits per heavy atom. The van der Waals surface area contributed by atoms with Crippen LogP contribution in [0.25, 0.3) is 6.08 Å². The van der Waals surface area contributed by atoms with Crippen LogP contribution < -0.4 is 10.2 Å². The second-order valence-electron chi connectivity index (χ2n) is 5.49. The van der Waals surface area contributed by atoms with Gasteiger partial charge >= 0.3 is 0 Å². The fourth-order valence-corrected chi connectivity index (χ4v) is 3.05. The Bertz CT molecular complexity index is 732. The van der Waals surface area contributed by atoms with Crippen LogP contribution in [0.1, 0.15) is 24.8 Å². The van der Waals surface area contributed by atoms with Crippen molar-refractivity contribution in [2.75, 3.05) is 23.3 Å². The van der Waals surface area contributed by atoms with E-state index in [0.29, 0.717) is 27.5 Å². The van der Waals surface area contributed by atoms with Gasteiger partial charge in [0.1, 0.15) is 0 Å². The van der Waals surface area contributed by atoms with E-state index in [1.807, 2.05) is 0 Å². The number of benzene rings is 1. The first-order chi connectivity index (χ1) is 11.6. The third-order valence-corrected chi connectivity index (χ3v) is 4.41. The number of anilines is 2. The molecule has 2 aromatic rings. The molecule has 0 radical (unpaired) electrons. The lowest BCUT2D eigenvalue weighted by Gasteiger charge is -2.24. The van der Waals surface area contributed by atoms with Crippen molar-refractivity contribution in [3.8, 4) is 0 Å². The van der Waals surface area contributed by atoms with E-state index in [-0.39, 0.29) is 5.91 Å². The highest BCUT2D eigenvalue weighted by atomic mass is 35.5. The number of aromatic amines is 1. The van der Waals surface area contributed by atoms with Crippen LogP contribution in [0.4, 0.5) is 11.9 Å². The lowest BCUT2D eigenvalue weighted by Crippen LogP contribution is -2.30. The number of hydrogen-bond donors (Lipinski definition) is 2. The second kappa shape index (κ2) is 7.68. The van der Waals surface area contributed by atoms with Crippen LogP contribution in [0, 0.1) is 0 Å². The van der Waals surface area contributed by atoms with Crippen LogP contribution in [0.15, 0.2) is 24.3 Å². The average Bonchev–Trinajstić information content (AvgIpc) is 3.03. The summed E-state index contributed by atoms with van der Waals surface area (Å²) in [6.07, 6.45) is 6.44. The van der Waals surface area contributed by atoms with E-state index in [2.05, 4.69) is 25.4 Å². The summed E-state index contributed by atoms with van der Waals surface area (Å²) in [4.78, 5) is 18.4. The summed E-state index contributed by atoms with van der Waals surface area (Å²) in [5, 5.41) is 10.5. The Balaban J connectivity index is 1.63. The monoisotopic (exact) mass is 365 g/mol. The molecule has 1 aliphatic heterocycles. The molecule has 1 aliphatic rings. The van der Waals surface area contributed by atoms with Gasteiger partial charge in [-0.15, -0.1) is 5.10 Å². The van der Waals surface area contributed by atoms with Gasteiger partial charge in [-0.2, -0.15) is 4.98 Å². The number of hydrogen-bond acceptors (Lipinski definition) is 4. The molecule has 0 spiro atoms. The lowest BCUT2D eigenvalue weighted by molar-refractivity contribution is -0.111. The number of halogens is 2. The lowest BCUT2D eigenvalue weighted by atomic mass is 10.1. The summed E-state index contributed by atoms with van der Waals surface area (Å²) in [5.41, 5.74) is 0.600. The summed E-state index contributed by atoms with van der Waals surface area (Å²) in [7, 11) is 0. The van der Waals surface area contributed by atoms with E-state index in [0.717, 1.165) is 25.9 Å².